The van der Waals surface area contributed by atoms with E-state index in [1.807, 2.05) is 6.07 Å². The van der Waals surface area contributed by atoms with Gasteiger partial charge in [0.15, 0.2) is 0 Å². The Kier molecular flexibility index (Phi) is 3.30. The van der Waals surface area contributed by atoms with Gasteiger partial charge in [-0.05, 0) is 23.9 Å². The zero-order valence-electron chi connectivity index (χ0n) is 9.09. The van der Waals surface area contributed by atoms with Crippen molar-refractivity contribution >= 4 is 11.8 Å². The standard InChI is InChI=1S/C9H5F3N6S/c10-9(11,12)7-16-17-8(18(7)14)19-6-2-1-5(3-13)4-15-6/h1-2,4H,14H2. The van der Waals surface area contributed by atoms with E-state index in [2.05, 4.69) is 15.2 Å². The Morgan fingerprint density at radius 3 is 2.53 bits per heavy atom. The number of pyridine rings is 1. The highest BCUT2D eigenvalue weighted by molar-refractivity contribution is 7.99. The van der Waals surface area contributed by atoms with Crippen LogP contribution in [0.1, 0.15) is 11.4 Å². The number of nitriles is 1. The fraction of sp³-hybridized carbons (Fsp3) is 0.111. The van der Waals surface area contributed by atoms with Crippen LogP contribution in [0.3, 0.4) is 0 Å². The summed E-state index contributed by atoms with van der Waals surface area (Å²) in [4.78, 5) is 3.88. The molecule has 0 aliphatic heterocycles. The Morgan fingerprint density at radius 2 is 2.05 bits per heavy atom. The summed E-state index contributed by atoms with van der Waals surface area (Å²) in [5, 5.41) is 15.1. The highest BCUT2D eigenvalue weighted by Gasteiger charge is 2.38. The van der Waals surface area contributed by atoms with Gasteiger partial charge >= 0.3 is 6.18 Å². The van der Waals surface area contributed by atoms with Gasteiger partial charge in [-0.2, -0.15) is 18.4 Å². The summed E-state index contributed by atoms with van der Waals surface area (Å²) in [5.41, 5.74) is 0.342. The lowest BCUT2D eigenvalue weighted by molar-refractivity contribution is -0.146. The van der Waals surface area contributed by atoms with Crippen LogP contribution in [0.25, 0.3) is 0 Å². The van der Waals surface area contributed by atoms with Crippen molar-refractivity contribution in [2.45, 2.75) is 16.4 Å². The van der Waals surface area contributed by atoms with Crippen molar-refractivity contribution in [3.8, 4) is 6.07 Å². The molecule has 0 atom stereocenters. The number of nitrogen functional groups attached to an aromatic ring is 1. The second-order valence-electron chi connectivity index (χ2n) is 3.27. The molecule has 0 aliphatic carbocycles. The molecule has 2 N–H and O–H groups in total. The van der Waals surface area contributed by atoms with Crippen LogP contribution in [0.2, 0.25) is 0 Å². The Hall–Kier alpha value is -2.28. The van der Waals surface area contributed by atoms with E-state index < -0.39 is 12.0 Å². The van der Waals surface area contributed by atoms with Crippen LogP contribution in [0, 0.1) is 11.3 Å². The Balaban J connectivity index is 2.24. The molecular formula is C9H5F3N6S. The fourth-order valence-electron chi connectivity index (χ4n) is 1.14. The van der Waals surface area contributed by atoms with E-state index in [1.165, 1.54) is 18.3 Å². The first-order valence-electron chi connectivity index (χ1n) is 4.73. The fourth-order valence-corrected chi connectivity index (χ4v) is 1.84. The molecule has 0 fully saturated rings. The van der Waals surface area contributed by atoms with E-state index >= 15 is 0 Å². The SMILES string of the molecule is N#Cc1ccc(Sc2nnc(C(F)(F)F)n2N)nc1. The molecule has 0 amide bonds. The number of alkyl halides is 3. The highest BCUT2D eigenvalue weighted by Crippen LogP contribution is 2.30. The molecular weight excluding hydrogens is 281 g/mol. The topological polar surface area (TPSA) is 93.4 Å². The summed E-state index contributed by atoms with van der Waals surface area (Å²) in [6.07, 6.45) is -3.37. The molecule has 2 aromatic heterocycles. The first-order chi connectivity index (χ1) is 8.91. The van der Waals surface area contributed by atoms with Crippen LogP contribution in [0.5, 0.6) is 0 Å². The van der Waals surface area contributed by atoms with Gasteiger partial charge in [-0.25, -0.2) is 9.66 Å². The Morgan fingerprint density at radius 1 is 1.32 bits per heavy atom. The average molecular weight is 286 g/mol. The summed E-state index contributed by atoms with van der Waals surface area (Å²) in [6, 6.07) is 4.84. The molecule has 19 heavy (non-hydrogen) atoms. The molecule has 0 aromatic carbocycles. The molecule has 98 valence electrons. The molecule has 0 saturated carbocycles. The van der Waals surface area contributed by atoms with Crippen molar-refractivity contribution in [3.63, 3.8) is 0 Å². The summed E-state index contributed by atoms with van der Waals surface area (Å²) in [6.45, 7) is 0. The maximum Gasteiger partial charge on any atom is 0.453 e. The number of nitrogens with two attached hydrogens (primary N) is 1. The molecule has 0 radical (unpaired) electrons. The third-order valence-corrected chi connectivity index (χ3v) is 2.89. The van der Waals surface area contributed by atoms with E-state index in [4.69, 9.17) is 11.1 Å². The van der Waals surface area contributed by atoms with Crippen molar-refractivity contribution in [1.29, 1.82) is 5.26 Å². The second kappa shape index (κ2) is 4.77. The monoisotopic (exact) mass is 286 g/mol. The number of hydrogen-bond donors (Lipinski definition) is 1. The first-order valence-corrected chi connectivity index (χ1v) is 5.55. The van der Waals surface area contributed by atoms with Gasteiger partial charge in [0, 0.05) is 6.20 Å². The summed E-state index contributed by atoms with van der Waals surface area (Å²) in [5.74, 6) is 3.98. The second-order valence-corrected chi connectivity index (χ2v) is 4.26. The van der Waals surface area contributed by atoms with Crippen molar-refractivity contribution in [2.24, 2.45) is 0 Å². The van der Waals surface area contributed by atoms with E-state index in [0.717, 1.165) is 11.8 Å². The van der Waals surface area contributed by atoms with Crippen LogP contribution in [-0.4, -0.2) is 19.9 Å². The summed E-state index contributed by atoms with van der Waals surface area (Å²) < 4.78 is 37.7. The van der Waals surface area contributed by atoms with Crippen LogP contribution in [0.15, 0.2) is 28.5 Å². The quantitative estimate of drug-likeness (QED) is 0.839. The molecule has 0 saturated heterocycles. The minimum atomic E-state index is -4.67. The number of nitrogens with zero attached hydrogens (tertiary/aromatic N) is 5. The lowest BCUT2D eigenvalue weighted by Crippen LogP contribution is -2.21. The van der Waals surface area contributed by atoms with Crippen molar-refractivity contribution < 1.29 is 13.2 Å². The average Bonchev–Trinajstić information content (AvgIpc) is 2.72. The number of rotatable bonds is 2. The molecule has 6 nitrogen and oxygen atoms in total. The first kappa shape index (κ1) is 13.2. The van der Waals surface area contributed by atoms with Crippen LogP contribution >= 0.6 is 11.8 Å². The summed E-state index contributed by atoms with van der Waals surface area (Å²) >= 11 is 0.814. The Labute approximate surface area is 109 Å². The minimum Gasteiger partial charge on any atom is -0.335 e. The van der Waals surface area contributed by atoms with E-state index in [0.29, 0.717) is 15.3 Å². The maximum atomic E-state index is 12.4. The van der Waals surface area contributed by atoms with Gasteiger partial charge in [-0.15, -0.1) is 10.2 Å². The van der Waals surface area contributed by atoms with Gasteiger partial charge in [0.2, 0.25) is 5.16 Å². The Bertz CT molecular complexity index is 627. The molecule has 2 aromatic rings. The molecule has 0 spiro atoms. The highest BCUT2D eigenvalue weighted by atomic mass is 32.2. The van der Waals surface area contributed by atoms with Crippen molar-refractivity contribution in [1.82, 2.24) is 19.9 Å². The molecule has 0 unspecified atom stereocenters. The predicted octanol–water partition coefficient (Wildman–Crippen LogP) is 1.43. The van der Waals surface area contributed by atoms with Gasteiger partial charge in [-0.1, -0.05) is 0 Å². The zero-order chi connectivity index (χ0) is 14.0. The maximum absolute atomic E-state index is 12.4. The predicted molar refractivity (Wildman–Crippen MR) is 58.2 cm³/mol. The number of aromatic nitrogens is 4. The zero-order valence-corrected chi connectivity index (χ0v) is 9.90. The minimum absolute atomic E-state index is 0.149. The lowest BCUT2D eigenvalue weighted by atomic mass is 10.3. The molecule has 10 heteroatoms. The molecule has 2 heterocycles. The smallest absolute Gasteiger partial charge is 0.335 e. The normalized spacial score (nSPS) is 11.3. The van der Waals surface area contributed by atoms with Gasteiger partial charge in [0.1, 0.15) is 11.1 Å². The summed E-state index contributed by atoms with van der Waals surface area (Å²) in [7, 11) is 0. The number of hydrogen-bond acceptors (Lipinski definition) is 6. The third-order valence-electron chi connectivity index (χ3n) is 1.98. The third kappa shape index (κ3) is 2.76. The van der Waals surface area contributed by atoms with E-state index in [1.54, 1.807) is 0 Å². The largest absolute Gasteiger partial charge is 0.453 e. The number of halogens is 3. The van der Waals surface area contributed by atoms with Gasteiger partial charge in [0.25, 0.3) is 5.82 Å². The van der Waals surface area contributed by atoms with Crippen LogP contribution in [0.4, 0.5) is 13.2 Å². The van der Waals surface area contributed by atoms with Gasteiger partial charge in [0.05, 0.1) is 5.56 Å². The van der Waals surface area contributed by atoms with Crippen LogP contribution in [-0.2, 0) is 6.18 Å². The van der Waals surface area contributed by atoms with Gasteiger partial charge < -0.3 is 5.84 Å². The van der Waals surface area contributed by atoms with Crippen LogP contribution < -0.4 is 5.84 Å². The lowest BCUT2D eigenvalue weighted by Gasteiger charge is -2.05. The molecule has 2 rings (SSSR count). The van der Waals surface area contributed by atoms with E-state index in [-0.39, 0.29) is 5.16 Å². The van der Waals surface area contributed by atoms with E-state index in [9.17, 15) is 13.2 Å². The van der Waals surface area contributed by atoms with Crippen molar-refractivity contribution in [3.05, 3.63) is 29.7 Å². The van der Waals surface area contributed by atoms with Crippen molar-refractivity contribution in [2.75, 3.05) is 5.84 Å². The van der Waals surface area contributed by atoms with Gasteiger partial charge in [-0.3, -0.25) is 0 Å². The molecule has 0 bridgehead atoms. The molecule has 0 aliphatic rings.